The molecule has 3 heteroatoms. The number of hydrogen-bond donors (Lipinski definition) is 0. The number of likely N-dealkylation sites (tertiary alicyclic amines) is 1. The van der Waals surface area contributed by atoms with E-state index in [-0.39, 0.29) is 0 Å². The molecule has 0 bridgehead atoms. The summed E-state index contributed by atoms with van der Waals surface area (Å²) >= 11 is 0. The van der Waals surface area contributed by atoms with Crippen LogP contribution in [-0.2, 0) is 6.54 Å². The third kappa shape index (κ3) is 3.61. The molecule has 23 heavy (non-hydrogen) atoms. The Bertz CT molecular complexity index is 539. The minimum atomic E-state index is 0.907. The van der Waals surface area contributed by atoms with Gasteiger partial charge in [-0.25, -0.2) is 0 Å². The van der Waals surface area contributed by atoms with E-state index in [2.05, 4.69) is 42.0 Å². The van der Waals surface area contributed by atoms with Gasteiger partial charge >= 0.3 is 0 Å². The highest BCUT2D eigenvalue weighted by Crippen LogP contribution is 2.41. The van der Waals surface area contributed by atoms with Crippen molar-refractivity contribution in [3.05, 3.63) is 29.6 Å². The van der Waals surface area contributed by atoms with Crippen LogP contribution in [0.1, 0.15) is 43.5 Å². The van der Waals surface area contributed by atoms with Crippen molar-refractivity contribution in [2.75, 3.05) is 26.7 Å². The molecule has 2 heterocycles. The quantitative estimate of drug-likeness (QED) is 0.831. The van der Waals surface area contributed by atoms with Gasteiger partial charge in [0.05, 0.1) is 5.69 Å². The zero-order valence-corrected chi connectivity index (χ0v) is 14.7. The van der Waals surface area contributed by atoms with Gasteiger partial charge in [-0.05, 0) is 69.5 Å². The Hall–Kier alpha value is -0.930. The Morgan fingerprint density at radius 1 is 1.17 bits per heavy atom. The molecule has 3 atom stereocenters. The first kappa shape index (κ1) is 15.6. The normalized spacial score (nSPS) is 31.5. The minimum absolute atomic E-state index is 0.907. The number of rotatable bonds is 5. The molecular weight excluding hydrogens is 282 g/mol. The van der Waals surface area contributed by atoms with E-state index in [1.807, 2.05) is 0 Å². The van der Waals surface area contributed by atoms with Crippen LogP contribution in [0.5, 0.6) is 0 Å². The van der Waals surface area contributed by atoms with Crippen molar-refractivity contribution in [2.24, 2.45) is 17.8 Å². The lowest BCUT2D eigenvalue weighted by Crippen LogP contribution is -2.36. The lowest BCUT2D eigenvalue weighted by atomic mass is 9.73. The number of hydrogen-bond acceptors (Lipinski definition) is 3. The molecule has 3 aliphatic rings. The SMILES string of the molecule is Cc1cccc(CN2C[C@H]3CCC[C@@H](CN(C)C4CC4)[C@H]3C2)n1. The highest BCUT2D eigenvalue weighted by molar-refractivity contribution is 5.10. The molecular formula is C20H31N3. The highest BCUT2D eigenvalue weighted by atomic mass is 15.2. The van der Waals surface area contributed by atoms with Crippen molar-refractivity contribution >= 4 is 0 Å². The van der Waals surface area contributed by atoms with Crippen LogP contribution in [0.25, 0.3) is 0 Å². The van der Waals surface area contributed by atoms with E-state index in [1.165, 1.54) is 57.4 Å². The summed E-state index contributed by atoms with van der Waals surface area (Å²) in [5, 5.41) is 0. The van der Waals surface area contributed by atoms with Crippen LogP contribution in [0.15, 0.2) is 18.2 Å². The third-order valence-electron chi connectivity index (χ3n) is 6.35. The average Bonchev–Trinajstić information content (AvgIpc) is 3.29. The third-order valence-corrected chi connectivity index (χ3v) is 6.35. The van der Waals surface area contributed by atoms with E-state index in [0.717, 1.165) is 36.0 Å². The van der Waals surface area contributed by atoms with Gasteiger partial charge < -0.3 is 4.90 Å². The molecule has 3 nitrogen and oxygen atoms in total. The first-order valence-electron chi connectivity index (χ1n) is 9.54. The van der Waals surface area contributed by atoms with Crippen molar-refractivity contribution < 1.29 is 0 Å². The Morgan fingerprint density at radius 2 is 2.04 bits per heavy atom. The van der Waals surface area contributed by atoms with Gasteiger partial charge in [-0.3, -0.25) is 9.88 Å². The number of aryl methyl sites for hydroxylation is 1. The summed E-state index contributed by atoms with van der Waals surface area (Å²) in [6.45, 7) is 7.06. The fourth-order valence-electron chi connectivity index (χ4n) is 4.99. The Kier molecular flexibility index (Phi) is 4.42. The zero-order chi connectivity index (χ0) is 15.8. The van der Waals surface area contributed by atoms with Crippen molar-refractivity contribution in [1.29, 1.82) is 0 Å². The molecule has 1 aromatic rings. The highest BCUT2D eigenvalue weighted by Gasteiger charge is 2.41. The monoisotopic (exact) mass is 313 g/mol. The van der Waals surface area contributed by atoms with E-state index >= 15 is 0 Å². The summed E-state index contributed by atoms with van der Waals surface area (Å²) in [5.41, 5.74) is 2.39. The lowest BCUT2D eigenvalue weighted by Gasteiger charge is -2.35. The van der Waals surface area contributed by atoms with Crippen molar-refractivity contribution in [3.63, 3.8) is 0 Å². The molecule has 0 spiro atoms. The van der Waals surface area contributed by atoms with Crippen LogP contribution in [0, 0.1) is 24.7 Å². The lowest BCUT2D eigenvalue weighted by molar-refractivity contribution is 0.143. The topological polar surface area (TPSA) is 19.4 Å². The first-order valence-corrected chi connectivity index (χ1v) is 9.54. The van der Waals surface area contributed by atoms with Crippen molar-refractivity contribution in [2.45, 2.75) is 51.6 Å². The molecule has 1 aliphatic heterocycles. The second-order valence-corrected chi connectivity index (χ2v) is 8.25. The van der Waals surface area contributed by atoms with Crippen LogP contribution in [-0.4, -0.2) is 47.5 Å². The summed E-state index contributed by atoms with van der Waals surface area (Å²) in [4.78, 5) is 10.0. The molecule has 4 rings (SSSR count). The number of pyridine rings is 1. The molecule has 0 unspecified atom stereocenters. The van der Waals surface area contributed by atoms with Gasteiger partial charge in [0.15, 0.2) is 0 Å². The maximum Gasteiger partial charge on any atom is 0.0547 e. The van der Waals surface area contributed by atoms with E-state index < -0.39 is 0 Å². The summed E-state index contributed by atoms with van der Waals surface area (Å²) < 4.78 is 0. The molecule has 0 radical (unpaired) electrons. The zero-order valence-electron chi connectivity index (χ0n) is 14.7. The van der Waals surface area contributed by atoms with Gasteiger partial charge in [-0.1, -0.05) is 12.5 Å². The summed E-state index contributed by atoms with van der Waals surface area (Å²) in [5.74, 6) is 2.79. The summed E-state index contributed by atoms with van der Waals surface area (Å²) in [6, 6.07) is 7.34. The van der Waals surface area contributed by atoms with Crippen LogP contribution < -0.4 is 0 Å². The van der Waals surface area contributed by atoms with Crippen LogP contribution >= 0.6 is 0 Å². The largest absolute Gasteiger partial charge is 0.303 e. The van der Waals surface area contributed by atoms with Crippen molar-refractivity contribution in [3.8, 4) is 0 Å². The van der Waals surface area contributed by atoms with Gasteiger partial charge in [0, 0.05) is 37.9 Å². The fourth-order valence-corrected chi connectivity index (χ4v) is 4.99. The Morgan fingerprint density at radius 3 is 2.83 bits per heavy atom. The molecule has 2 saturated carbocycles. The fraction of sp³-hybridized carbons (Fsp3) is 0.750. The van der Waals surface area contributed by atoms with E-state index in [1.54, 1.807) is 0 Å². The Labute approximate surface area is 141 Å². The van der Waals surface area contributed by atoms with Crippen LogP contribution in [0.4, 0.5) is 0 Å². The molecule has 2 aliphatic carbocycles. The predicted molar refractivity (Wildman–Crippen MR) is 94.2 cm³/mol. The second kappa shape index (κ2) is 6.52. The minimum Gasteiger partial charge on any atom is -0.303 e. The van der Waals surface area contributed by atoms with E-state index in [9.17, 15) is 0 Å². The smallest absolute Gasteiger partial charge is 0.0547 e. The Balaban J connectivity index is 1.38. The maximum absolute atomic E-state index is 4.70. The first-order chi connectivity index (χ1) is 11.2. The second-order valence-electron chi connectivity index (χ2n) is 8.25. The molecule has 0 aromatic carbocycles. The molecule has 126 valence electrons. The van der Waals surface area contributed by atoms with Gasteiger partial charge in [0.2, 0.25) is 0 Å². The van der Waals surface area contributed by atoms with Gasteiger partial charge in [0.1, 0.15) is 0 Å². The van der Waals surface area contributed by atoms with Gasteiger partial charge in [-0.15, -0.1) is 0 Å². The van der Waals surface area contributed by atoms with E-state index in [4.69, 9.17) is 4.98 Å². The van der Waals surface area contributed by atoms with Crippen molar-refractivity contribution in [1.82, 2.24) is 14.8 Å². The maximum atomic E-state index is 4.70. The predicted octanol–water partition coefficient (Wildman–Crippen LogP) is 3.33. The van der Waals surface area contributed by atoms with Crippen LogP contribution in [0.3, 0.4) is 0 Å². The molecule has 0 N–H and O–H groups in total. The van der Waals surface area contributed by atoms with Gasteiger partial charge in [-0.2, -0.15) is 0 Å². The van der Waals surface area contributed by atoms with Crippen LogP contribution in [0.2, 0.25) is 0 Å². The standard InChI is InChI=1S/C20H31N3/c1-15-5-3-8-18(21-15)13-23-12-17-7-4-6-16(20(17)14-23)11-22(2)19-9-10-19/h3,5,8,16-17,19-20H,4,6-7,9-14H2,1-2H3/t16-,17+,20+/m0/s1. The summed E-state index contributed by atoms with van der Waals surface area (Å²) in [6.07, 6.45) is 7.21. The molecule has 0 amide bonds. The molecule has 3 fully saturated rings. The number of aromatic nitrogens is 1. The van der Waals surface area contributed by atoms with E-state index in [0.29, 0.717) is 0 Å². The average molecular weight is 313 g/mol. The molecule has 1 aromatic heterocycles. The molecule has 1 saturated heterocycles. The van der Waals surface area contributed by atoms with Gasteiger partial charge in [0.25, 0.3) is 0 Å². The summed E-state index contributed by atoms with van der Waals surface area (Å²) in [7, 11) is 2.35. The number of fused-ring (bicyclic) bond motifs is 1. The number of nitrogens with zero attached hydrogens (tertiary/aromatic N) is 3.